The highest BCUT2D eigenvalue weighted by Gasteiger charge is 2.28. The minimum atomic E-state index is -0.894. The fourth-order valence-corrected chi connectivity index (χ4v) is 1.38. The number of methoxy groups -OCH3 is 1. The molecule has 1 aromatic heterocycles. The van der Waals surface area contributed by atoms with Gasteiger partial charge in [-0.2, -0.15) is 0 Å². The van der Waals surface area contributed by atoms with Crippen LogP contribution in [0.1, 0.15) is 19.8 Å². The van der Waals surface area contributed by atoms with E-state index in [0.717, 1.165) is 13.0 Å². The first kappa shape index (κ1) is 11.7. The molecule has 5 heteroatoms. The molecule has 0 spiro atoms. The molecule has 1 rings (SSSR count). The van der Waals surface area contributed by atoms with E-state index in [9.17, 15) is 4.79 Å². The number of rotatable bonds is 5. The monoisotopic (exact) mass is 211 g/mol. The van der Waals surface area contributed by atoms with Crippen molar-refractivity contribution in [2.45, 2.75) is 31.8 Å². The van der Waals surface area contributed by atoms with Gasteiger partial charge in [-0.15, -0.1) is 0 Å². The van der Waals surface area contributed by atoms with Crippen LogP contribution in [-0.2, 0) is 16.1 Å². The molecular formula is C10H17N3O2. The van der Waals surface area contributed by atoms with Gasteiger partial charge in [-0.05, 0) is 19.8 Å². The van der Waals surface area contributed by atoms with Crippen molar-refractivity contribution in [3.63, 3.8) is 0 Å². The first-order valence-electron chi connectivity index (χ1n) is 4.89. The van der Waals surface area contributed by atoms with Gasteiger partial charge in [-0.1, -0.05) is 0 Å². The Hall–Kier alpha value is -1.36. The van der Waals surface area contributed by atoms with Crippen molar-refractivity contribution < 1.29 is 9.53 Å². The molecule has 0 aliphatic heterocycles. The van der Waals surface area contributed by atoms with E-state index >= 15 is 0 Å². The summed E-state index contributed by atoms with van der Waals surface area (Å²) < 4.78 is 6.57. The minimum absolute atomic E-state index is 0.367. The van der Waals surface area contributed by atoms with E-state index in [1.54, 1.807) is 19.4 Å². The lowest BCUT2D eigenvalue weighted by Gasteiger charge is -2.21. The summed E-state index contributed by atoms with van der Waals surface area (Å²) in [7, 11) is 1.35. The SMILES string of the molecule is COC(=O)C(C)(N)CCCn1ccnc1. The molecular weight excluding hydrogens is 194 g/mol. The van der Waals surface area contributed by atoms with Gasteiger partial charge in [0.15, 0.2) is 0 Å². The molecule has 0 aromatic carbocycles. The smallest absolute Gasteiger partial charge is 0.325 e. The summed E-state index contributed by atoms with van der Waals surface area (Å²) in [5.74, 6) is -0.367. The van der Waals surface area contributed by atoms with Gasteiger partial charge in [-0.25, -0.2) is 4.98 Å². The van der Waals surface area contributed by atoms with E-state index in [4.69, 9.17) is 5.73 Å². The van der Waals surface area contributed by atoms with E-state index in [1.807, 2.05) is 10.8 Å². The number of ether oxygens (including phenoxy) is 1. The summed E-state index contributed by atoms with van der Waals surface area (Å²) in [5, 5.41) is 0. The van der Waals surface area contributed by atoms with E-state index in [-0.39, 0.29) is 5.97 Å². The highest BCUT2D eigenvalue weighted by atomic mass is 16.5. The van der Waals surface area contributed by atoms with Gasteiger partial charge in [0, 0.05) is 18.9 Å². The molecule has 0 aliphatic rings. The largest absolute Gasteiger partial charge is 0.468 e. The number of hydrogen-bond acceptors (Lipinski definition) is 4. The van der Waals surface area contributed by atoms with Crippen LogP contribution in [0.25, 0.3) is 0 Å². The number of nitrogens with two attached hydrogens (primary N) is 1. The van der Waals surface area contributed by atoms with Crippen LogP contribution >= 0.6 is 0 Å². The van der Waals surface area contributed by atoms with Gasteiger partial charge in [0.25, 0.3) is 0 Å². The number of esters is 1. The Kier molecular flexibility index (Phi) is 3.85. The number of hydrogen-bond donors (Lipinski definition) is 1. The number of nitrogens with zero attached hydrogens (tertiary/aromatic N) is 2. The Morgan fingerprint density at radius 3 is 2.93 bits per heavy atom. The minimum Gasteiger partial charge on any atom is -0.468 e. The fourth-order valence-electron chi connectivity index (χ4n) is 1.38. The molecule has 1 unspecified atom stereocenters. The summed E-state index contributed by atoms with van der Waals surface area (Å²) in [6.45, 7) is 2.50. The summed E-state index contributed by atoms with van der Waals surface area (Å²) >= 11 is 0. The summed E-state index contributed by atoms with van der Waals surface area (Å²) in [5.41, 5.74) is 4.92. The number of aryl methyl sites for hydroxylation is 1. The maximum atomic E-state index is 11.3. The van der Waals surface area contributed by atoms with Gasteiger partial charge in [0.1, 0.15) is 5.54 Å². The number of carbonyl (C=O) groups excluding carboxylic acids is 1. The third kappa shape index (κ3) is 3.36. The molecule has 15 heavy (non-hydrogen) atoms. The van der Waals surface area contributed by atoms with Gasteiger partial charge in [0.05, 0.1) is 13.4 Å². The fraction of sp³-hybridized carbons (Fsp3) is 0.600. The van der Waals surface area contributed by atoms with Gasteiger partial charge >= 0.3 is 5.97 Å². The summed E-state index contributed by atoms with van der Waals surface area (Å²) in [4.78, 5) is 15.2. The van der Waals surface area contributed by atoms with Gasteiger partial charge in [0.2, 0.25) is 0 Å². The maximum absolute atomic E-state index is 11.3. The lowest BCUT2D eigenvalue weighted by Crippen LogP contribution is -2.45. The molecule has 0 amide bonds. The Bertz CT molecular complexity index is 306. The van der Waals surface area contributed by atoms with Crippen molar-refractivity contribution in [2.75, 3.05) is 7.11 Å². The predicted molar refractivity (Wildman–Crippen MR) is 56.1 cm³/mol. The predicted octanol–water partition coefficient (Wildman–Crippen LogP) is 0.554. The molecule has 5 nitrogen and oxygen atoms in total. The highest BCUT2D eigenvalue weighted by Crippen LogP contribution is 2.11. The maximum Gasteiger partial charge on any atom is 0.325 e. The van der Waals surface area contributed by atoms with Crippen molar-refractivity contribution in [3.05, 3.63) is 18.7 Å². The van der Waals surface area contributed by atoms with Crippen molar-refractivity contribution in [1.82, 2.24) is 9.55 Å². The lowest BCUT2D eigenvalue weighted by molar-refractivity contribution is -0.146. The van der Waals surface area contributed by atoms with E-state index < -0.39 is 5.54 Å². The molecule has 0 aliphatic carbocycles. The van der Waals surface area contributed by atoms with Gasteiger partial charge < -0.3 is 15.0 Å². The van der Waals surface area contributed by atoms with Crippen molar-refractivity contribution in [2.24, 2.45) is 5.73 Å². The number of imidazole rings is 1. The standard InChI is InChI=1S/C10H17N3O2/c1-10(11,9(14)15-2)4-3-6-13-7-5-12-8-13/h5,7-8H,3-4,6,11H2,1-2H3. The van der Waals surface area contributed by atoms with Crippen LogP contribution in [0.2, 0.25) is 0 Å². The van der Waals surface area contributed by atoms with E-state index in [1.165, 1.54) is 7.11 Å². The van der Waals surface area contributed by atoms with Crippen LogP contribution in [0, 0.1) is 0 Å². The van der Waals surface area contributed by atoms with Crippen molar-refractivity contribution in [1.29, 1.82) is 0 Å². The van der Waals surface area contributed by atoms with Crippen LogP contribution in [0.15, 0.2) is 18.7 Å². The second-order valence-corrected chi connectivity index (χ2v) is 3.81. The van der Waals surface area contributed by atoms with Gasteiger partial charge in [-0.3, -0.25) is 4.79 Å². The third-order valence-electron chi connectivity index (χ3n) is 2.32. The average molecular weight is 211 g/mol. The van der Waals surface area contributed by atoms with Crippen LogP contribution in [0.3, 0.4) is 0 Å². The molecule has 1 aromatic rings. The highest BCUT2D eigenvalue weighted by molar-refractivity contribution is 5.79. The van der Waals surface area contributed by atoms with Crippen LogP contribution < -0.4 is 5.73 Å². The third-order valence-corrected chi connectivity index (χ3v) is 2.32. The quantitative estimate of drug-likeness (QED) is 0.722. The van der Waals surface area contributed by atoms with Crippen molar-refractivity contribution in [3.8, 4) is 0 Å². The Balaban J connectivity index is 2.33. The molecule has 0 radical (unpaired) electrons. The first-order chi connectivity index (χ1) is 7.06. The number of aromatic nitrogens is 2. The lowest BCUT2D eigenvalue weighted by atomic mass is 9.97. The zero-order valence-corrected chi connectivity index (χ0v) is 9.14. The van der Waals surface area contributed by atoms with Crippen LogP contribution in [0.4, 0.5) is 0 Å². The zero-order chi connectivity index (χ0) is 11.3. The molecule has 1 atom stereocenters. The summed E-state index contributed by atoms with van der Waals surface area (Å²) in [6, 6.07) is 0. The average Bonchev–Trinajstić information content (AvgIpc) is 2.69. The molecule has 2 N–H and O–H groups in total. The van der Waals surface area contributed by atoms with Crippen LogP contribution in [0.5, 0.6) is 0 Å². The molecule has 0 saturated heterocycles. The molecule has 84 valence electrons. The normalized spacial score (nSPS) is 14.6. The zero-order valence-electron chi connectivity index (χ0n) is 9.14. The topological polar surface area (TPSA) is 70.1 Å². The Morgan fingerprint density at radius 1 is 1.67 bits per heavy atom. The van der Waals surface area contributed by atoms with E-state index in [0.29, 0.717) is 6.42 Å². The Labute approximate surface area is 89.2 Å². The van der Waals surface area contributed by atoms with E-state index in [2.05, 4.69) is 9.72 Å². The molecule has 0 bridgehead atoms. The number of carbonyl (C=O) groups is 1. The Morgan fingerprint density at radius 2 is 2.40 bits per heavy atom. The van der Waals surface area contributed by atoms with Crippen LogP contribution in [-0.4, -0.2) is 28.2 Å². The molecule has 0 fully saturated rings. The van der Waals surface area contributed by atoms with Crippen molar-refractivity contribution >= 4 is 5.97 Å². The first-order valence-corrected chi connectivity index (χ1v) is 4.89. The second-order valence-electron chi connectivity index (χ2n) is 3.81. The second kappa shape index (κ2) is 4.93. The molecule has 0 saturated carbocycles. The summed E-state index contributed by atoms with van der Waals surface area (Å²) in [6.07, 6.45) is 6.76. The molecule has 1 heterocycles.